The minimum absolute atomic E-state index is 0.115. The number of pyridine rings is 1. The Morgan fingerprint density at radius 1 is 1.07 bits per heavy atom. The molecule has 1 aliphatic rings. The second kappa shape index (κ2) is 7.61. The van der Waals surface area contributed by atoms with Crippen molar-refractivity contribution >= 4 is 23.3 Å². The average molecular weight is 376 g/mol. The van der Waals surface area contributed by atoms with Gasteiger partial charge in [0, 0.05) is 30.2 Å². The van der Waals surface area contributed by atoms with Crippen molar-refractivity contribution in [1.82, 2.24) is 14.8 Å². The van der Waals surface area contributed by atoms with Gasteiger partial charge in [-0.3, -0.25) is 14.6 Å². The molecule has 1 aliphatic carbocycles. The van der Waals surface area contributed by atoms with Crippen molar-refractivity contribution in [2.45, 2.75) is 25.4 Å². The summed E-state index contributed by atoms with van der Waals surface area (Å²) in [4.78, 5) is 28.7. The van der Waals surface area contributed by atoms with Gasteiger partial charge in [0.1, 0.15) is 5.82 Å². The van der Waals surface area contributed by atoms with Gasteiger partial charge < -0.3 is 16.4 Å². The maximum absolute atomic E-state index is 12.3. The number of nitrogens with two attached hydrogens (primary N) is 1. The van der Waals surface area contributed by atoms with Gasteiger partial charge in [0.2, 0.25) is 0 Å². The summed E-state index contributed by atoms with van der Waals surface area (Å²) in [5.74, 6) is -1.06. The van der Waals surface area contributed by atoms with Crippen LogP contribution in [-0.2, 0) is 29.0 Å². The fourth-order valence-electron chi connectivity index (χ4n) is 3.32. The molecule has 0 radical (unpaired) electrons. The van der Waals surface area contributed by atoms with Crippen LogP contribution in [0.1, 0.15) is 16.7 Å². The smallest absolute Gasteiger partial charge is 0.315 e. The second-order valence-corrected chi connectivity index (χ2v) is 6.80. The summed E-state index contributed by atoms with van der Waals surface area (Å²) in [6.07, 6.45) is 6.59. The second-order valence-electron chi connectivity index (χ2n) is 6.80. The number of benzene rings is 1. The number of anilines is 2. The molecule has 142 valence electrons. The molecule has 0 aliphatic heterocycles. The number of rotatable bonds is 4. The molecular weight excluding hydrogens is 356 g/mol. The van der Waals surface area contributed by atoms with Crippen LogP contribution in [0, 0.1) is 0 Å². The lowest BCUT2D eigenvalue weighted by molar-refractivity contribution is -0.133. The third kappa shape index (κ3) is 3.91. The van der Waals surface area contributed by atoms with Gasteiger partial charge in [-0.1, -0.05) is 12.1 Å². The number of aromatic nitrogens is 3. The van der Waals surface area contributed by atoms with E-state index in [9.17, 15) is 9.59 Å². The zero-order valence-corrected chi connectivity index (χ0v) is 15.1. The summed E-state index contributed by atoms with van der Waals surface area (Å²) in [5.41, 5.74) is 9.78. The van der Waals surface area contributed by atoms with Crippen LogP contribution in [0.4, 0.5) is 11.5 Å². The van der Waals surface area contributed by atoms with E-state index < -0.39 is 11.8 Å². The molecule has 4 N–H and O–H groups in total. The molecule has 0 saturated carbocycles. The van der Waals surface area contributed by atoms with E-state index in [0.717, 1.165) is 24.0 Å². The molecule has 0 saturated heterocycles. The Hall–Kier alpha value is -3.52. The molecule has 2 amide bonds. The third-order valence-corrected chi connectivity index (χ3v) is 4.65. The normalized spacial score (nSPS) is 15.1. The molecule has 28 heavy (non-hydrogen) atoms. The van der Waals surface area contributed by atoms with E-state index in [1.54, 1.807) is 35.4 Å². The highest BCUT2D eigenvalue weighted by molar-refractivity contribution is 6.43. The van der Waals surface area contributed by atoms with Gasteiger partial charge in [-0.15, -0.1) is 0 Å². The predicted octanol–water partition coefficient (Wildman–Crippen LogP) is 1.33. The van der Waals surface area contributed by atoms with Crippen molar-refractivity contribution in [2.24, 2.45) is 5.73 Å². The Bertz CT molecular complexity index is 1010. The molecule has 3 aromatic rings. The number of nitrogens with zero attached hydrogens (tertiary/aromatic N) is 3. The molecule has 0 fully saturated rings. The summed E-state index contributed by atoms with van der Waals surface area (Å²) in [7, 11) is 0. The molecule has 1 unspecified atom stereocenters. The van der Waals surface area contributed by atoms with E-state index in [4.69, 9.17) is 5.73 Å². The zero-order valence-electron chi connectivity index (χ0n) is 15.1. The summed E-state index contributed by atoms with van der Waals surface area (Å²) in [5, 5.41) is 9.42. The molecule has 2 aromatic heterocycles. The first kappa shape index (κ1) is 17.9. The molecule has 0 spiro atoms. The van der Waals surface area contributed by atoms with Crippen molar-refractivity contribution < 1.29 is 9.59 Å². The summed E-state index contributed by atoms with van der Waals surface area (Å²) in [6.45, 7) is 0.434. The highest BCUT2D eigenvalue weighted by atomic mass is 16.2. The highest BCUT2D eigenvalue weighted by Crippen LogP contribution is 2.24. The van der Waals surface area contributed by atoms with Gasteiger partial charge in [0.25, 0.3) is 0 Å². The summed E-state index contributed by atoms with van der Waals surface area (Å²) < 4.78 is 1.60. The first-order valence-electron chi connectivity index (χ1n) is 8.99. The van der Waals surface area contributed by atoms with E-state index in [0.29, 0.717) is 18.1 Å². The quantitative estimate of drug-likeness (QED) is 0.594. The topological polar surface area (TPSA) is 115 Å². The Labute approximate surface area is 161 Å². The third-order valence-electron chi connectivity index (χ3n) is 4.65. The van der Waals surface area contributed by atoms with Crippen molar-refractivity contribution in [3.05, 3.63) is 71.7 Å². The molecule has 1 atom stereocenters. The van der Waals surface area contributed by atoms with Gasteiger partial charge in [-0.05, 0) is 47.7 Å². The maximum atomic E-state index is 12.3. The zero-order chi connectivity index (χ0) is 19.5. The van der Waals surface area contributed by atoms with Crippen LogP contribution in [0.15, 0.2) is 55.0 Å². The van der Waals surface area contributed by atoms with E-state index in [2.05, 4.69) is 20.7 Å². The number of carbonyl (C=O) groups excluding carboxylic acids is 2. The number of fused-ring (bicyclic) bond motifs is 1. The van der Waals surface area contributed by atoms with Gasteiger partial charge in [-0.2, -0.15) is 5.10 Å². The predicted molar refractivity (Wildman–Crippen MR) is 105 cm³/mol. The molecule has 2 heterocycles. The summed E-state index contributed by atoms with van der Waals surface area (Å²) >= 11 is 0. The molecular formula is C20H20N6O2. The van der Waals surface area contributed by atoms with Crippen LogP contribution in [0.3, 0.4) is 0 Å². The fraction of sp³-hybridized carbons (Fsp3) is 0.200. The monoisotopic (exact) mass is 376 g/mol. The van der Waals surface area contributed by atoms with Crippen LogP contribution >= 0.6 is 0 Å². The number of amides is 2. The van der Waals surface area contributed by atoms with Crippen molar-refractivity contribution in [2.75, 3.05) is 10.6 Å². The molecule has 8 heteroatoms. The standard InChI is InChI=1S/C20H20N6O2/c21-16-8-14-3-4-17(10-15(14)9-16)24-19(27)20(28)25-18-5-7-23-26(18)12-13-2-1-6-22-11-13/h1-7,10-11,16H,8-9,12,21H2,(H,24,27)(H,25,28). The van der Waals surface area contributed by atoms with Gasteiger partial charge in [0.05, 0.1) is 12.7 Å². The van der Waals surface area contributed by atoms with Crippen molar-refractivity contribution in [3.63, 3.8) is 0 Å². The Morgan fingerprint density at radius 3 is 2.71 bits per heavy atom. The fourth-order valence-corrected chi connectivity index (χ4v) is 3.32. The largest absolute Gasteiger partial charge is 0.327 e. The minimum atomic E-state index is -0.759. The minimum Gasteiger partial charge on any atom is -0.327 e. The summed E-state index contributed by atoms with van der Waals surface area (Å²) in [6, 6.07) is 11.1. The van der Waals surface area contributed by atoms with Crippen LogP contribution in [0.2, 0.25) is 0 Å². The van der Waals surface area contributed by atoms with Gasteiger partial charge in [0.15, 0.2) is 0 Å². The molecule has 0 bridgehead atoms. The van der Waals surface area contributed by atoms with Crippen LogP contribution in [-0.4, -0.2) is 32.6 Å². The Morgan fingerprint density at radius 2 is 1.89 bits per heavy atom. The van der Waals surface area contributed by atoms with Crippen LogP contribution < -0.4 is 16.4 Å². The lowest BCUT2D eigenvalue weighted by Crippen LogP contribution is -2.30. The van der Waals surface area contributed by atoms with Crippen LogP contribution in [0.25, 0.3) is 0 Å². The molecule has 1 aromatic carbocycles. The number of hydrogen-bond acceptors (Lipinski definition) is 5. The van der Waals surface area contributed by atoms with Crippen LogP contribution in [0.5, 0.6) is 0 Å². The van der Waals surface area contributed by atoms with E-state index in [1.165, 1.54) is 5.56 Å². The van der Waals surface area contributed by atoms with Gasteiger partial charge in [-0.25, -0.2) is 4.68 Å². The SMILES string of the molecule is NC1Cc2ccc(NC(=O)C(=O)Nc3ccnn3Cc3cccnc3)cc2C1. The molecule has 8 nitrogen and oxygen atoms in total. The number of carbonyl (C=O) groups is 2. The lowest BCUT2D eigenvalue weighted by Gasteiger charge is -2.10. The average Bonchev–Trinajstić information content (AvgIpc) is 3.27. The maximum Gasteiger partial charge on any atom is 0.315 e. The van der Waals surface area contributed by atoms with E-state index in [-0.39, 0.29) is 6.04 Å². The lowest BCUT2D eigenvalue weighted by atomic mass is 10.1. The van der Waals surface area contributed by atoms with Crippen molar-refractivity contribution in [3.8, 4) is 0 Å². The van der Waals surface area contributed by atoms with E-state index in [1.807, 2.05) is 24.3 Å². The van der Waals surface area contributed by atoms with Gasteiger partial charge >= 0.3 is 11.8 Å². The number of nitrogens with one attached hydrogen (secondary N) is 2. The molecule has 4 rings (SSSR count). The Balaban J connectivity index is 1.40. The first-order chi connectivity index (χ1) is 13.6. The van der Waals surface area contributed by atoms with E-state index >= 15 is 0 Å². The number of hydrogen-bond donors (Lipinski definition) is 3. The first-order valence-corrected chi connectivity index (χ1v) is 8.99. The highest BCUT2D eigenvalue weighted by Gasteiger charge is 2.20. The Kier molecular flexibility index (Phi) is 4.86. The van der Waals surface area contributed by atoms with Crippen molar-refractivity contribution in [1.29, 1.82) is 0 Å².